The highest BCUT2D eigenvalue weighted by Gasteiger charge is 2.22. The van der Waals surface area contributed by atoms with Crippen molar-refractivity contribution in [3.05, 3.63) is 219 Å². The number of carboxylic acid groups (broad SMARTS) is 4. The second-order valence-electron chi connectivity index (χ2n) is 25.4. The number of anilines is 8. The van der Waals surface area contributed by atoms with Gasteiger partial charge in [-0.1, -0.05) is 125 Å². The van der Waals surface area contributed by atoms with Crippen LogP contribution in [-0.4, -0.2) is 120 Å². The standard InChI is InChI=1S/C24H23N3O3S.C21H23N3O4S.C21H23N3O3S.C20H21N3O3S/c1-4-18-19(5-2)26-23(20-10-11-21(30-3)31-20)27-22(18)25-17-9-8-14-12-16(24(28)29)7-6-15(14)13-17;1-5-13-14(6-2)22-20(17-9-10-18(28-4)29-17)24-19(13)23-15-8-7-12(21(25)26)11-16(15)27-3;1-4-15-16(5-2)23-21(17-10-11-19(27-3)28-17)24-20(15)22-14-8-6-13(7-9-14)12-18(25)26;1-4-14-15(5-2)22-19(16-10-11-17(26-3)27-16)23-18(14)21-13-8-6-12(7-9-13)20(24)25/h6-13H,4-5H2,1-3H3,(H,28,29)(H,25,26,27);7-11H,5-6H2,1-4H3,(H,25,26)(H,22,23,24);6-11H,4-5,12H2,1-3H3,(H,25,26)(H,22,23,24);6-11H,4-5H2,1-3H3,(H,24,25)(H,21,22,23). The molecule has 5 aromatic carbocycles. The fourth-order valence-electron chi connectivity index (χ4n) is 12.3. The van der Waals surface area contributed by atoms with Crippen molar-refractivity contribution in [1.29, 1.82) is 0 Å². The SMILES string of the molecule is CCc1nc(-c2ccc(OC)s2)nc(Nc2ccc(C(=O)O)cc2)c1CC.CCc1nc(-c2ccc(OC)s2)nc(Nc2ccc(C(=O)O)cc2OC)c1CC.CCc1nc(-c2ccc(OC)s2)nc(Nc2ccc(CC(=O)O)cc2)c1CC.CCc1nc(-c2ccc(OC)s2)nc(Nc2ccc3cc(C(=O)O)ccc3c2)c1CC. The van der Waals surface area contributed by atoms with Crippen molar-refractivity contribution in [2.75, 3.05) is 56.8 Å². The van der Waals surface area contributed by atoms with Crippen LogP contribution in [-0.2, 0) is 62.6 Å². The molecule has 8 N–H and O–H groups in total. The highest BCUT2D eigenvalue weighted by atomic mass is 32.1. The van der Waals surface area contributed by atoms with Gasteiger partial charge in [-0.3, -0.25) is 4.79 Å². The van der Waals surface area contributed by atoms with Gasteiger partial charge in [0, 0.05) is 62.1 Å². The molecule has 8 heterocycles. The number of aliphatic carboxylic acids is 1. The molecule has 0 aliphatic heterocycles. The van der Waals surface area contributed by atoms with Crippen LogP contribution in [0.1, 0.15) is 137 Å². The van der Waals surface area contributed by atoms with Gasteiger partial charge in [0.05, 0.1) is 83.9 Å². The van der Waals surface area contributed by atoms with E-state index in [0.717, 1.165) is 187 Å². The van der Waals surface area contributed by atoms with Crippen molar-refractivity contribution in [3.63, 3.8) is 0 Å². The topological polar surface area (TPSA) is 347 Å². The van der Waals surface area contributed by atoms with Crippen molar-refractivity contribution >= 4 is 126 Å². The molecule has 0 fully saturated rings. The van der Waals surface area contributed by atoms with Gasteiger partial charge >= 0.3 is 23.9 Å². The second-order valence-corrected chi connectivity index (χ2v) is 29.5. The number of hydrogen-bond donors (Lipinski definition) is 8. The Morgan fingerprint density at radius 3 is 0.965 bits per heavy atom. The van der Waals surface area contributed by atoms with E-state index in [9.17, 15) is 29.4 Å². The number of nitrogens with one attached hydrogen (secondary N) is 4. The van der Waals surface area contributed by atoms with Gasteiger partial charge in [0.15, 0.2) is 43.6 Å². The minimum Gasteiger partial charge on any atom is -0.495 e. The van der Waals surface area contributed by atoms with E-state index >= 15 is 0 Å². The van der Waals surface area contributed by atoms with E-state index in [0.29, 0.717) is 40.6 Å². The molecule has 0 aliphatic rings. The van der Waals surface area contributed by atoms with Crippen LogP contribution in [0.15, 0.2) is 152 Å². The van der Waals surface area contributed by atoms with Crippen LogP contribution in [0.4, 0.5) is 46.0 Å². The van der Waals surface area contributed by atoms with Gasteiger partial charge in [0.25, 0.3) is 0 Å². The lowest BCUT2D eigenvalue weighted by Gasteiger charge is -2.16. The maximum atomic E-state index is 11.2. The quantitative estimate of drug-likeness (QED) is 0.0207. The number of ether oxygens (including phenoxy) is 5. The van der Waals surface area contributed by atoms with E-state index in [-0.39, 0.29) is 23.1 Å². The normalized spacial score (nSPS) is 10.7. The lowest BCUT2D eigenvalue weighted by molar-refractivity contribution is -0.136. The highest BCUT2D eigenvalue weighted by Crippen LogP contribution is 2.40. The molecule has 8 aromatic heterocycles. The first kappa shape index (κ1) is 85.0. The molecular weight excluding hydrogens is 1540 g/mol. The minimum atomic E-state index is -1.01. The van der Waals surface area contributed by atoms with E-state index in [1.165, 1.54) is 64.6 Å². The van der Waals surface area contributed by atoms with E-state index in [1.54, 1.807) is 70.9 Å². The first-order valence-electron chi connectivity index (χ1n) is 37.2. The third kappa shape index (κ3) is 21.5. The number of rotatable bonds is 30. The summed E-state index contributed by atoms with van der Waals surface area (Å²) in [5, 5.41) is 55.0. The largest absolute Gasteiger partial charge is 0.495 e. The van der Waals surface area contributed by atoms with Crippen molar-refractivity contribution < 1.29 is 63.3 Å². The molecule has 115 heavy (non-hydrogen) atoms. The van der Waals surface area contributed by atoms with Gasteiger partial charge in [0.2, 0.25) is 0 Å². The van der Waals surface area contributed by atoms with E-state index in [4.69, 9.17) is 73.8 Å². The Bertz CT molecular complexity index is 5570. The summed E-state index contributed by atoms with van der Waals surface area (Å²) in [4.78, 5) is 86.3. The molecule has 0 spiro atoms. The number of nitrogens with zero attached hydrogens (tertiary/aromatic N) is 8. The Kier molecular flexibility index (Phi) is 29.8. The van der Waals surface area contributed by atoms with Crippen LogP contribution in [0.25, 0.3) is 53.6 Å². The average Bonchev–Trinajstić information content (AvgIpc) is 1.75. The number of aromatic carboxylic acids is 3. The van der Waals surface area contributed by atoms with E-state index in [2.05, 4.69) is 76.7 Å². The number of hydrogen-bond acceptors (Lipinski definition) is 25. The Morgan fingerprint density at radius 2 is 0.635 bits per heavy atom. The van der Waals surface area contributed by atoms with E-state index in [1.807, 2.05) is 97.1 Å². The molecule has 13 rings (SSSR count). The number of aryl methyl sites for hydroxylation is 4. The number of aromatic nitrogens is 8. The molecule has 13 aromatic rings. The fraction of sp³-hybridized carbons (Fsp3) is 0.256. The molecule has 0 bridgehead atoms. The van der Waals surface area contributed by atoms with Crippen LogP contribution in [0.5, 0.6) is 26.0 Å². The smallest absolute Gasteiger partial charge is 0.335 e. The summed E-state index contributed by atoms with van der Waals surface area (Å²) in [5.74, 6) is 2.34. The zero-order chi connectivity index (χ0) is 82.4. The number of methoxy groups -OCH3 is 5. The van der Waals surface area contributed by atoms with E-state index < -0.39 is 23.9 Å². The lowest BCUT2D eigenvalue weighted by Crippen LogP contribution is -2.08. The van der Waals surface area contributed by atoms with Crippen LogP contribution in [0.2, 0.25) is 0 Å². The van der Waals surface area contributed by atoms with Crippen LogP contribution >= 0.6 is 45.3 Å². The van der Waals surface area contributed by atoms with Gasteiger partial charge in [-0.25, -0.2) is 54.3 Å². The maximum Gasteiger partial charge on any atom is 0.335 e. The molecule has 29 heteroatoms. The number of thiophene rings is 4. The third-order valence-corrected chi connectivity index (χ3v) is 22.3. The molecule has 0 atom stereocenters. The molecule has 0 amide bonds. The van der Waals surface area contributed by atoms with Crippen LogP contribution < -0.4 is 45.0 Å². The predicted molar refractivity (Wildman–Crippen MR) is 458 cm³/mol. The zero-order valence-electron chi connectivity index (χ0n) is 66.0. The molecule has 0 saturated carbocycles. The number of carbonyl (C=O) groups is 4. The summed E-state index contributed by atoms with van der Waals surface area (Å²) in [6.45, 7) is 16.6. The maximum absolute atomic E-state index is 11.2. The molecule has 25 nitrogen and oxygen atoms in total. The predicted octanol–water partition coefficient (Wildman–Crippen LogP) is 20.2. The van der Waals surface area contributed by atoms with Crippen molar-refractivity contribution in [2.45, 2.75) is 113 Å². The summed E-state index contributed by atoms with van der Waals surface area (Å²) in [6.07, 6.45) is 6.39. The molecular formula is C86H90N12O13S4. The first-order chi connectivity index (χ1) is 55.6. The molecule has 0 saturated heterocycles. The van der Waals surface area contributed by atoms with Crippen LogP contribution in [0.3, 0.4) is 0 Å². The average molecular weight is 1630 g/mol. The molecule has 0 radical (unpaired) electrons. The number of carboxylic acids is 4. The van der Waals surface area contributed by atoms with Gasteiger partial charge in [-0.2, -0.15) is 0 Å². The van der Waals surface area contributed by atoms with Gasteiger partial charge in [-0.05, 0) is 195 Å². The lowest BCUT2D eigenvalue weighted by atomic mass is 10.1. The Balaban J connectivity index is 0.000000162. The fourth-order valence-corrected chi connectivity index (χ4v) is 15.3. The molecule has 0 aliphatic carbocycles. The molecule has 0 unspecified atom stereocenters. The van der Waals surface area contributed by atoms with Crippen LogP contribution in [0, 0.1) is 0 Å². The summed E-state index contributed by atoms with van der Waals surface area (Å²) >= 11 is 6.01. The van der Waals surface area contributed by atoms with Crippen molar-refractivity contribution in [1.82, 2.24) is 39.9 Å². The summed E-state index contributed by atoms with van der Waals surface area (Å²) in [6, 6.07) is 45.2. The summed E-state index contributed by atoms with van der Waals surface area (Å²) in [5.41, 5.74) is 12.9. The Hall–Kier alpha value is -12.4. The van der Waals surface area contributed by atoms with Crippen molar-refractivity contribution in [3.8, 4) is 68.8 Å². The first-order valence-corrected chi connectivity index (χ1v) is 40.4. The highest BCUT2D eigenvalue weighted by molar-refractivity contribution is 7.18. The monoisotopic (exact) mass is 1630 g/mol. The van der Waals surface area contributed by atoms with Gasteiger partial charge < -0.3 is 65.4 Å². The second kappa shape index (κ2) is 40.3. The number of fused-ring (bicyclic) bond motifs is 1. The van der Waals surface area contributed by atoms with Crippen molar-refractivity contribution in [2.24, 2.45) is 0 Å². The molecule has 596 valence electrons. The third-order valence-electron chi connectivity index (χ3n) is 18.2. The minimum absolute atomic E-state index is 0.0122. The van der Waals surface area contributed by atoms with Gasteiger partial charge in [0.1, 0.15) is 29.0 Å². The summed E-state index contributed by atoms with van der Waals surface area (Å²) in [7, 11) is 8.08. The zero-order valence-corrected chi connectivity index (χ0v) is 69.2. The van der Waals surface area contributed by atoms with Gasteiger partial charge in [-0.15, -0.1) is 0 Å². The Morgan fingerprint density at radius 1 is 0.322 bits per heavy atom. The summed E-state index contributed by atoms with van der Waals surface area (Å²) < 4.78 is 26.6. The Labute approximate surface area is 682 Å². The number of benzene rings is 5.